The van der Waals surface area contributed by atoms with E-state index < -0.39 is 23.7 Å². The average molecular weight is 424 g/mol. The molecule has 168 valence electrons. The van der Waals surface area contributed by atoms with Gasteiger partial charge in [0.05, 0.1) is 6.61 Å². The number of aliphatic hydroxyl groups is 2. The van der Waals surface area contributed by atoms with Crippen LogP contribution >= 0.6 is 0 Å². The van der Waals surface area contributed by atoms with E-state index in [2.05, 4.69) is 30.9 Å². The zero-order valence-corrected chi connectivity index (χ0v) is 18.2. The van der Waals surface area contributed by atoms with Crippen molar-refractivity contribution in [2.24, 2.45) is 0 Å². The van der Waals surface area contributed by atoms with E-state index >= 15 is 0 Å². The maximum absolute atomic E-state index is 11.3. The minimum atomic E-state index is -1.35. The second-order valence-corrected chi connectivity index (χ2v) is 7.40. The molecule has 1 aliphatic rings. The first kappa shape index (κ1) is 22.6. The van der Waals surface area contributed by atoms with Crippen molar-refractivity contribution >= 4 is 22.9 Å². The number of aromatic nitrogens is 4. The number of nitrogens with zero attached hydrogens (tertiary/aromatic N) is 5. The van der Waals surface area contributed by atoms with Crippen molar-refractivity contribution in [3.63, 3.8) is 0 Å². The zero-order valence-electron chi connectivity index (χ0n) is 18.2. The summed E-state index contributed by atoms with van der Waals surface area (Å²) in [5.74, 6) is -0.753. The number of nitrogens with one attached hydrogen (secondary N) is 3. The summed E-state index contributed by atoms with van der Waals surface area (Å²) in [5.41, 5.74) is 5.84. The predicted molar refractivity (Wildman–Crippen MR) is 114 cm³/mol. The summed E-state index contributed by atoms with van der Waals surface area (Å²) in [6.45, 7) is 7.12. The fourth-order valence-corrected chi connectivity index (χ4v) is 4.33. The number of ether oxygens (including phenoxy) is 1. The van der Waals surface area contributed by atoms with Gasteiger partial charge in [-0.2, -0.15) is 9.97 Å². The van der Waals surface area contributed by atoms with Gasteiger partial charge in [-0.25, -0.2) is 4.98 Å². The van der Waals surface area contributed by atoms with Crippen LogP contribution in [0.2, 0.25) is 0 Å². The van der Waals surface area contributed by atoms with Gasteiger partial charge in [0.15, 0.2) is 22.6 Å². The third-order valence-electron chi connectivity index (χ3n) is 5.46. The molecule has 0 radical (unpaired) electrons. The molecule has 2 aromatic heterocycles. The highest BCUT2D eigenvalue weighted by atomic mass is 16.6. The van der Waals surface area contributed by atoms with Crippen LogP contribution in [0.3, 0.4) is 0 Å². The van der Waals surface area contributed by atoms with Crippen molar-refractivity contribution in [2.75, 3.05) is 51.4 Å². The number of nitrogens with two attached hydrogens (primary N) is 1. The van der Waals surface area contributed by atoms with E-state index in [0.717, 1.165) is 0 Å². The third kappa shape index (κ3) is 3.11. The first-order chi connectivity index (χ1) is 14.3. The van der Waals surface area contributed by atoms with Gasteiger partial charge in [0.25, 0.3) is 0 Å². The topological polar surface area (TPSA) is 159 Å². The molecule has 12 nitrogen and oxygen atoms in total. The molecule has 0 spiro atoms. The molecular formula is C18H33N9O3. The molecule has 1 fully saturated rings. The van der Waals surface area contributed by atoms with E-state index in [1.807, 2.05) is 39.8 Å². The van der Waals surface area contributed by atoms with Crippen molar-refractivity contribution in [3.8, 4) is 0 Å². The Balaban J connectivity index is 2.34. The van der Waals surface area contributed by atoms with Crippen LogP contribution in [0.5, 0.6) is 0 Å². The molecule has 12 heteroatoms. The molecule has 7 N–H and O–H groups in total. The Bertz CT molecular complexity index is 876. The molecule has 0 aromatic carbocycles. The quantitative estimate of drug-likeness (QED) is 0.266. The number of rotatable bonds is 9. The highest BCUT2D eigenvalue weighted by molar-refractivity contribution is 5.83. The van der Waals surface area contributed by atoms with Gasteiger partial charge in [-0.15, -0.1) is 0 Å². The monoisotopic (exact) mass is 423 g/mol. The number of fused-ring (bicyclic) bond motifs is 1. The summed E-state index contributed by atoms with van der Waals surface area (Å²) < 4.78 is 8.07. The van der Waals surface area contributed by atoms with E-state index in [0.29, 0.717) is 36.7 Å². The molecular weight excluding hydrogens is 390 g/mol. The van der Waals surface area contributed by atoms with E-state index in [-0.39, 0.29) is 12.4 Å². The lowest BCUT2D eigenvalue weighted by Gasteiger charge is -2.50. The maximum atomic E-state index is 11.3. The molecule has 0 aliphatic carbocycles. The predicted octanol–water partition coefficient (Wildman–Crippen LogP) is -1.32. The summed E-state index contributed by atoms with van der Waals surface area (Å²) in [6, 6.07) is 0. The SMILES string of the molecule is CCNc1nc(N)c2ncn([C@]3(NCC)O[C@H](CO)[C@@H](O)C3(NCC)N(C)C)c2n1. The van der Waals surface area contributed by atoms with Gasteiger partial charge in [0.1, 0.15) is 18.5 Å². The van der Waals surface area contributed by atoms with E-state index in [1.54, 1.807) is 10.9 Å². The van der Waals surface area contributed by atoms with Gasteiger partial charge in [-0.1, -0.05) is 13.8 Å². The van der Waals surface area contributed by atoms with E-state index in [9.17, 15) is 10.2 Å². The second-order valence-electron chi connectivity index (χ2n) is 7.40. The van der Waals surface area contributed by atoms with Crippen LogP contribution < -0.4 is 21.7 Å². The number of aliphatic hydroxyl groups excluding tert-OH is 2. The third-order valence-corrected chi connectivity index (χ3v) is 5.46. The molecule has 2 aromatic rings. The van der Waals surface area contributed by atoms with E-state index in [1.165, 1.54) is 0 Å². The van der Waals surface area contributed by atoms with E-state index in [4.69, 9.17) is 10.5 Å². The fraction of sp³-hybridized carbons (Fsp3) is 0.722. The van der Waals surface area contributed by atoms with Crippen molar-refractivity contribution in [2.45, 2.75) is 44.5 Å². The molecule has 4 atom stereocenters. The molecule has 3 rings (SSSR count). The first-order valence-electron chi connectivity index (χ1n) is 10.2. The molecule has 0 bridgehead atoms. The Morgan fingerprint density at radius 3 is 2.47 bits per heavy atom. The Labute approximate surface area is 175 Å². The van der Waals surface area contributed by atoms with Crippen LogP contribution in [-0.2, 0) is 10.6 Å². The summed E-state index contributed by atoms with van der Waals surface area (Å²) in [7, 11) is 3.68. The minimum Gasteiger partial charge on any atom is -0.394 e. The van der Waals surface area contributed by atoms with Gasteiger partial charge in [-0.3, -0.25) is 20.1 Å². The molecule has 3 heterocycles. The molecule has 1 unspecified atom stereocenters. The van der Waals surface area contributed by atoms with Crippen LogP contribution in [0.4, 0.5) is 11.8 Å². The average Bonchev–Trinajstić information content (AvgIpc) is 3.23. The Morgan fingerprint density at radius 1 is 1.20 bits per heavy atom. The lowest BCUT2D eigenvalue weighted by atomic mass is 9.93. The van der Waals surface area contributed by atoms with Crippen molar-refractivity contribution < 1.29 is 14.9 Å². The van der Waals surface area contributed by atoms with Crippen molar-refractivity contribution in [1.82, 2.24) is 35.1 Å². The highest BCUT2D eigenvalue weighted by Gasteiger charge is 2.68. The van der Waals surface area contributed by atoms with Crippen molar-refractivity contribution in [1.29, 1.82) is 0 Å². The Hall–Kier alpha value is -2.09. The fourth-order valence-electron chi connectivity index (χ4n) is 4.33. The largest absolute Gasteiger partial charge is 0.394 e. The van der Waals surface area contributed by atoms with Gasteiger partial charge in [0, 0.05) is 6.54 Å². The number of anilines is 2. The second kappa shape index (κ2) is 8.57. The normalized spacial score (nSPS) is 29.2. The Morgan fingerprint density at radius 2 is 1.90 bits per heavy atom. The number of likely N-dealkylation sites (N-methyl/N-ethyl adjacent to an activating group) is 3. The minimum absolute atomic E-state index is 0.234. The standard InChI is InChI=1S/C18H33N9O3/c1-6-20-16-24-14(19)12-15(25-16)27(10-21-12)18(23-8-3)17(22-7-2,26(4)5)13(29)11(9-28)30-18/h10-11,13,22-23,28-29H,6-9H2,1-5H3,(H3,19,20,24,25)/t11-,13-,17?,18+/m1/s1. The summed E-state index contributed by atoms with van der Waals surface area (Å²) >= 11 is 0. The lowest BCUT2D eigenvalue weighted by Crippen LogP contribution is -2.77. The number of hydrogen-bond donors (Lipinski definition) is 6. The van der Waals surface area contributed by atoms with Gasteiger partial charge < -0.3 is 26.0 Å². The Kier molecular flexibility index (Phi) is 6.45. The van der Waals surface area contributed by atoms with Crippen LogP contribution in [0.1, 0.15) is 20.8 Å². The van der Waals surface area contributed by atoms with Crippen LogP contribution in [0, 0.1) is 0 Å². The van der Waals surface area contributed by atoms with Crippen LogP contribution in [0.15, 0.2) is 6.33 Å². The summed E-state index contributed by atoms with van der Waals surface area (Å²) in [5, 5.41) is 31.1. The van der Waals surface area contributed by atoms with Gasteiger partial charge in [0.2, 0.25) is 11.8 Å². The maximum Gasteiger partial charge on any atom is 0.240 e. The van der Waals surface area contributed by atoms with Crippen molar-refractivity contribution in [3.05, 3.63) is 6.33 Å². The number of nitrogen functional groups attached to an aromatic ring is 1. The lowest BCUT2D eigenvalue weighted by molar-refractivity contribution is -0.192. The smallest absolute Gasteiger partial charge is 0.240 e. The summed E-state index contributed by atoms with van der Waals surface area (Å²) in [6.07, 6.45) is -0.354. The molecule has 1 aliphatic heterocycles. The summed E-state index contributed by atoms with van der Waals surface area (Å²) in [4.78, 5) is 15.1. The van der Waals surface area contributed by atoms with Crippen LogP contribution in [-0.4, -0.2) is 92.8 Å². The molecule has 0 amide bonds. The molecule has 30 heavy (non-hydrogen) atoms. The number of hydrogen-bond acceptors (Lipinski definition) is 11. The van der Waals surface area contributed by atoms with Crippen LogP contribution in [0.25, 0.3) is 11.2 Å². The first-order valence-corrected chi connectivity index (χ1v) is 10.2. The van der Waals surface area contributed by atoms with Gasteiger partial charge >= 0.3 is 0 Å². The zero-order chi connectivity index (χ0) is 22.1. The van der Waals surface area contributed by atoms with Gasteiger partial charge in [-0.05, 0) is 34.1 Å². The molecule has 0 saturated carbocycles. The molecule has 1 saturated heterocycles. The highest BCUT2D eigenvalue weighted by Crippen LogP contribution is 2.44. The number of imidazole rings is 1.